The van der Waals surface area contributed by atoms with Gasteiger partial charge in [-0.2, -0.15) is 0 Å². The summed E-state index contributed by atoms with van der Waals surface area (Å²) in [7, 11) is -1.32. The van der Waals surface area contributed by atoms with Crippen molar-refractivity contribution < 1.29 is 0 Å². The SMILES string of the molecule is CC1C=C(c2cc(-c3cccc4c3sc3ccccc34)cc([Si](c3ccccc3)c3ccccc3)c2)C=C(n2c3ccccc3c3ccccc32)C1. The first kappa shape index (κ1) is 31.0. The monoisotopic (exact) mass is 698 g/mol. The maximum absolute atomic E-state index is 2.51. The Hall–Kier alpha value is -5.74. The minimum Gasteiger partial charge on any atom is -0.313 e. The summed E-state index contributed by atoms with van der Waals surface area (Å²) in [5.41, 5.74) is 9.05. The van der Waals surface area contributed by atoms with E-state index >= 15 is 0 Å². The maximum Gasteiger partial charge on any atom is 0.154 e. The van der Waals surface area contributed by atoms with E-state index in [1.54, 1.807) is 0 Å². The van der Waals surface area contributed by atoms with Crippen LogP contribution in [-0.4, -0.2) is 13.4 Å². The van der Waals surface area contributed by atoms with Crippen LogP contribution in [0.5, 0.6) is 0 Å². The summed E-state index contributed by atoms with van der Waals surface area (Å²) in [6, 6.07) is 63.2. The molecule has 7 aromatic carbocycles. The predicted octanol–water partition coefficient (Wildman–Crippen LogP) is 11.3. The first-order valence-electron chi connectivity index (χ1n) is 18.1. The fraction of sp³-hybridized carbons (Fsp3) is 0.0612. The smallest absolute Gasteiger partial charge is 0.154 e. The molecule has 0 bridgehead atoms. The van der Waals surface area contributed by atoms with E-state index in [9.17, 15) is 0 Å². The van der Waals surface area contributed by atoms with Crippen LogP contribution in [0.2, 0.25) is 0 Å². The number of nitrogens with zero attached hydrogens (tertiary/aromatic N) is 1. The third kappa shape index (κ3) is 5.28. The van der Waals surface area contributed by atoms with Gasteiger partial charge in [0.2, 0.25) is 0 Å². The zero-order chi connectivity index (χ0) is 34.6. The molecule has 1 nitrogen and oxygen atoms in total. The van der Waals surface area contributed by atoms with Crippen molar-refractivity contribution in [1.29, 1.82) is 0 Å². The first-order valence-corrected chi connectivity index (χ1v) is 20.5. The molecule has 3 heteroatoms. The van der Waals surface area contributed by atoms with Gasteiger partial charge in [0.25, 0.3) is 0 Å². The number of allylic oxidation sites excluding steroid dienone is 4. The molecule has 2 heterocycles. The van der Waals surface area contributed by atoms with E-state index in [0.717, 1.165) is 6.42 Å². The van der Waals surface area contributed by atoms with Crippen molar-refractivity contribution in [3.05, 3.63) is 188 Å². The van der Waals surface area contributed by atoms with Crippen molar-refractivity contribution in [2.24, 2.45) is 5.92 Å². The number of rotatable bonds is 6. The van der Waals surface area contributed by atoms with Crippen molar-refractivity contribution in [3.63, 3.8) is 0 Å². The second-order valence-corrected chi connectivity index (χ2v) is 17.5. The summed E-state index contributed by atoms with van der Waals surface area (Å²) in [5, 5.41) is 9.48. The minimum atomic E-state index is -1.32. The number of para-hydroxylation sites is 2. The normalized spacial score (nSPS) is 14.8. The van der Waals surface area contributed by atoms with Gasteiger partial charge in [-0.1, -0.05) is 169 Å². The van der Waals surface area contributed by atoms with E-state index in [2.05, 4.69) is 194 Å². The first-order chi connectivity index (χ1) is 25.7. The van der Waals surface area contributed by atoms with Crippen molar-refractivity contribution in [1.82, 2.24) is 4.57 Å². The predicted molar refractivity (Wildman–Crippen MR) is 228 cm³/mol. The molecule has 0 fully saturated rings. The molecule has 0 amide bonds. The zero-order valence-electron chi connectivity index (χ0n) is 29.0. The topological polar surface area (TPSA) is 4.93 Å². The van der Waals surface area contributed by atoms with E-state index in [-0.39, 0.29) is 0 Å². The molecule has 0 saturated carbocycles. The third-order valence-corrected chi connectivity index (χ3v) is 14.5. The summed E-state index contributed by atoms with van der Waals surface area (Å²) in [5.74, 6) is 0.390. The van der Waals surface area contributed by atoms with Gasteiger partial charge in [0.15, 0.2) is 8.80 Å². The van der Waals surface area contributed by atoms with Crippen LogP contribution in [0.25, 0.3) is 64.4 Å². The lowest BCUT2D eigenvalue weighted by Crippen LogP contribution is -2.52. The molecule has 1 unspecified atom stereocenters. The van der Waals surface area contributed by atoms with Crippen LogP contribution in [0.4, 0.5) is 0 Å². The van der Waals surface area contributed by atoms with E-state index in [1.165, 1.54) is 85.5 Å². The van der Waals surface area contributed by atoms with Crippen LogP contribution in [0, 0.1) is 5.92 Å². The zero-order valence-corrected chi connectivity index (χ0v) is 30.8. The van der Waals surface area contributed by atoms with E-state index in [4.69, 9.17) is 0 Å². The molecular formula is C49H36NSSi. The van der Waals surface area contributed by atoms with Gasteiger partial charge < -0.3 is 4.57 Å². The van der Waals surface area contributed by atoms with Gasteiger partial charge in [-0.25, -0.2) is 0 Å². The van der Waals surface area contributed by atoms with Crippen molar-refractivity contribution >= 4 is 88.9 Å². The van der Waals surface area contributed by atoms with E-state index < -0.39 is 8.80 Å². The van der Waals surface area contributed by atoms with Crippen LogP contribution in [-0.2, 0) is 0 Å². The molecule has 0 saturated heterocycles. The van der Waals surface area contributed by atoms with Gasteiger partial charge >= 0.3 is 0 Å². The largest absolute Gasteiger partial charge is 0.313 e. The van der Waals surface area contributed by atoms with Gasteiger partial charge in [-0.3, -0.25) is 0 Å². The summed E-state index contributed by atoms with van der Waals surface area (Å²) >= 11 is 1.91. The van der Waals surface area contributed by atoms with Gasteiger partial charge in [0.1, 0.15) is 0 Å². The summed E-state index contributed by atoms with van der Waals surface area (Å²) in [4.78, 5) is 0. The molecule has 52 heavy (non-hydrogen) atoms. The Balaban J connectivity index is 1.22. The molecule has 1 aliphatic rings. The van der Waals surface area contributed by atoms with Gasteiger partial charge in [0.05, 0.1) is 11.0 Å². The van der Waals surface area contributed by atoms with Gasteiger partial charge in [-0.15, -0.1) is 11.3 Å². The second-order valence-electron chi connectivity index (χ2n) is 14.0. The van der Waals surface area contributed by atoms with Crippen LogP contribution >= 0.6 is 11.3 Å². The van der Waals surface area contributed by atoms with Gasteiger partial charge in [0, 0.05) is 36.6 Å². The second kappa shape index (κ2) is 12.8. The molecule has 0 spiro atoms. The molecule has 10 rings (SSSR count). The number of aromatic nitrogens is 1. The molecule has 247 valence electrons. The maximum atomic E-state index is 2.51. The highest BCUT2D eigenvalue weighted by Crippen LogP contribution is 2.42. The minimum absolute atomic E-state index is 0.390. The number of hydrogen-bond acceptors (Lipinski definition) is 1. The fourth-order valence-corrected chi connectivity index (χ4v) is 12.2. The molecular weight excluding hydrogens is 663 g/mol. The molecule has 1 aliphatic carbocycles. The lowest BCUT2D eigenvalue weighted by molar-refractivity contribution is 0.733. The van der Waals surface area contributed by atoms with Crippen molar-refractivity contribution in [2.75, 3.05) is 0 Å². The number of hydrogen-bond donors (Lipinski definition) is 0. The highest BCUT2D eigenvalue weighted by atomic mass is 32.1. The molecule has 1 radical (unpaired) electrons. The summed E-state index contributed by atoms with van der Waals surface area (Å²) < 4.78 is 5.20. The van der Waals surface area contributed by atoms with Crippen LogP contribution in [0.1, 0.15) is 18.9 Å². The van der Waals surface area contributed by atoms with Crippen molar-refractivity contribution in [2.45, 2.75) is 13.3 Å². The van der Waals surface area contributed by atoms with Crippen LogP contribution in [0.15, 0.2) is 182 Å². The lowest BCUT2D eigenvalue weighted by atomic mass is 9.90. The average molecular weight is 699 g/mol. The lowest BCUT2D eigenvalue weighted by Gasteiger charge is -2.24. The highest BCUT2D eigenvalue weighted by Gasteiger charge is 2.24. The summed E-state index contributed by atoms with van der Waals surface area (Å²) in [6.07, 6.45) is 5.96. The van der Waals surface area contributed by atoms with E-state index in [0.29, 0.717) is 5.92 Å². The Morgan fingerprint density at radius 3 is 1.81 bits per heavy atom. The molecule has 1 atom stereocenters. The van der Waals surface area contributed by atoms with Crippen LogP contribution < -0.4 is 15.6 Å². The number of fused-ring (bicyclic) bond motifs is 6. The Morgan fingerprint density at radius 1 is 0.538 bits per heavy atom. The average Bonchev–Trinajstić information content (AvgIpc) is 3.75. The molecule has 2 aromatic heterocycles. The number of thiophene rings is 1. The standard InChI is InChI=1S/C49H36NSSi/c1-33-27-34(30-37(28-33)50-46-24-11-8-19-42(46)43-20-9-12-25-47(43)50)35-29-36(41-22-14-23-45-44-21-10-13-26-48(44)51-49(41)45)32-40(31-35)52(38-15-4-2-5-16-38)39-17-6-3-7-18-39/h2-27,29-33H,28H2,1H3. The van der Waals surface area contributed by atoms with E-state index in [1.807, 2.05) is 11.3 Å². The van der Waals surface area contributed by atoms with Crippen LogP contribution in [0.3, 0.4) is 0 Å². The Morgan fingerprint density at radius 2 is 1.12 bits per heavy atom. The Kier molecular flexibility index (Phi) is 7.63. The fourth-order valence-electron chi connectivity index (χ4n) is 8.33. The summed E-state index contributed by atoms with van der Waals surface area (Å²) in [6.45, 7) is 2.37. The highest BCUT2D eigenvalue weighted by molar-refractivity contribution is 7.26. The third-order valence-electron chi connectivity index (χ3n) is 10.6. The Bertz CT molecular complexity index is 2750. The quantitative estimate of drug-likeness (QED) is 0.120. The Labute approximate surface area is 310 Å². The van der Waals surface area contributed by atoms with Gasteiger partial charge in [-0.05, 0) is 70.1 Å². The molecule has 0 aliphatic heterocycles. The molecule has 0 N–H and O–H groups in total. The number of benzene rings is 7. The molecule has 9 aromatic rings. The van der Waals surface area contributed by atoms with Crippen molar-refractivity contribution in [3.8, 4) is 11.1 Å².